The van der Waals surface area contributed by atoms with Crippen LogP contribution in [0.1, 0.15) is 63.6 Å². The van der Waals surface area contributed by atoms with Crippen molar-refractivity contribution in [3.05, 3.63) is 70.9 Å². The molecule has 1 amide bonds. The van der Waals surface area contributed by atoms with Gasteiger partial charge in [0.15, 0.2) is 0 Å². The zero-order valence-corrected chi connectivity index (χ0v) is 18.7. The molecule has 0 N–H and O–H groups in total. The molecule has 0 bridgehead atoms. The first kappa shape index (κ1) is 20.2. The fourth-order valence-electron chi connectivity index (χ4n) is 5.31. The van der Waals surface area contributed by atoms with Gasteiger partial charge in [-0.05, 0) is 42.0 Å². The number of hydrogen-bond acceptors (Lipinski definition) is 5. The van der Waals surface area contributed by atoms with Crippen molar-refractivity contribution in [1.29, 1.82) is 0 Å². The van der Waals surface area contributed by atoms with Crippen LogP contribution in [0.15, 0.2) is 48.5 Å². The van der Waals surface area contributed by atoms with Gasteiger partial charge >= 0.3 is 5.97 Å². The summed E-state index contributed by atoms with van der Waals surface area (Å²) in [7, 11) is 1.63. The smallest absolute Gasteiger partial charge is 0.338 e. The fraction of sp³-hybridized carbons (Fsp3) is 0.370. The van der Waals surface area contributed by atoms with E-state index in [9.17, 15) is 9.59 Å². The van der Waals surface area contributed by atoms with Crippen molar-refractivity contribution < 1.29 is 19.1 Å². The van der Waals surface area contributed by atoms with Gasteiger partial charge < -0.3 is 14.4 Å². The van der Waals surface area contributed by atoms with E-state index in [2.05, 4.69) is 6.07 Å². The molecule has 3 aliphatic rings. The molecule has 2 aliphatic heterocycles. The Hall–Kier alpha value is -3.41. The van der Waals surface area contributed by atoms with Crippen molar-refractivity contribution in [2.75, 3.05) is 20.2 Å². The second-order valence-electron chi connectivity index (χ2n) is 9.43. The molecule has 6 heteroatoms. The molecular formula is C27H26N2O4. The summed E-state index contributed by atoms with van der Waals surface area (Å²) in [6.07, 6.45) is 4.27. The molecule has 0 atom stereocenters. The van der Waals surface area contributed by atoms with E-state index in [1.807, 2.05) is 41.3 Å². The molecule has 168 valence electrons. The first-order valence-corrected chi connectivity index (χ1v) is 11.7. The number of ether oxygens (including phenoxy) is 2. The van der Waals surface area contributed by atoms with Crippen LogP contribution < -0.4 is 4.74 Å². The minimum atomic E-state index is -0.532. The Kier molecular flexibility index (Phi) is 4.64. The third-order valence-electron chi connectivity index (χ3n) is 7.31. The molecule has 1 spiro atoms. The number of carbonyl (C=O) groups excluding carboxylic acids is 2. The first-order valence-electron chi connectivity index (χ1n) is 11.7. The minimum Gasteiger partial charge on any atom is -0.496 e. The van der Waals surface area contributed by atoms with Crippen LogP contribution in [-0.4, -0.2) is 47.6 Å². The SMILES string of the molecule is COc1cc(C(=O)N2CCC3(CC2)Cc2ccccc2C(=O)O3)nc2c(C3CC3)cccc12. The lowest BCUT2D eigenvalue weighted by Crippen LogP contribution is -2.51. The topological polar surface area (TPSA) is 68.7 Å². The lowest BCUT2D eigenvalue weighted by Gasteiger charge is -2.43. The zero-order valence-electron chi connectivity index (χ0n) is 18.7. The van der Waals surface area contributed by atoms with E-state index in [0.717, 1.165) is 29.3 Å². The van der Waals surface area contributed by atoms with Gasteiger partial charge in [0.05, 0.1) is 18.2 Å². The Labute approximate surface area is 192 Å². The van der Waals surface area contributed by atoms with Crippen LogP contribution in [0.5, 0.6) is 5.75 Å². The highest BCUT2D eigenvalue weighted by Crippen LogP contribution is 2.44. The van der Waals surface area contributed by atoms with Gasteiger partial charge in [-0.2, -0.15) is 0 Å². The highest BCUT2D eigenvalue weighted by atomic mass is 16.6. The van der Waals surface area contributed by atoms with Crippen molar-refractivity contribution in [2.24, 2.45) is 0 Å². The lowest BCUT2D eigenvalue weighted by atomic mass is 9.81. The molecule has 1 saturated heterocycles. The standard InChI is InChI=1S/C27H26N2O4/c1-32-23-15-22(28-24-19(17-9-10-17)7-4-8-21(23)24)25(30)29-13-11-27(12-14-29)16-18-5-2-3-6-20(18)26(31)33-27/h2-8,15,17H,9-14,16H2,1H3. The number of hydrogen-bond donors (Lipinski definition) is 0. The summed E-state index contributed by atoms with van der Waals surface area (Å²) in [6.45, 7) is 1.06. The zero-order chi connectivity index (χ0) is 22.6. The summed E-state index contributed by atoms with van der Waals surface area (Å²) in [5, 5.41) is 0.948. The second kappa shape index (κ2) is 7.58. The average molecular weight is 443 g/mol. The molecule has 3 heterocycles. The normalized spacial score (nSPS) is 19.3. The molecular weight excluding hydrogens is 416 g/mol. The Morgan fingerprint density at radius 2 is 1.91 bits per heavy atom. The van der Waals surface area contributed by atoms with Crippen LogP contribution in [0, 0.1) is 0 Å². The van der Waals surface area contributed by atoms with Crippen LogP contribution in [-0.2, 0) is 11.2 Å². The maximum absolute atomic E-state index is 13.4. The molecule has 0 radical (unpaired) electrons. The predicted octanol–water partition coefficient (Wildman–Crippen LogP) is 4.51. The van der Waals surface area contributed by atoms with E-state index in [1.165, 1.54) is 5.56 Å². The highest BCUT2D eigenvalue weighted by Gasteiger charge is 2.43. The Bertz CT molecular complexity index is 1270. The molecule has 1 aliphatic carbocycles. The van der Waals surface area contributed by atoms with Gasteiger partial charge in [-0.1, -0.05) is 30.3 Å². The number of benzene rings is 2. The number of rotatable bonds is 3. The summed E-state index contributed by atoms with van der Waals surface area (Å²) < 4.78 is 11.5. The van der Waals surface area contributed by atoms with Crippen molar-refractivity contribution in [2.45, 2.75) is 43.6 Å². The van der Waals surface area contributed by atoms with E-state index in [0.29, 0.717) is 55.3 Å². The molecule has 1 aromatic heterocycles. The van der Waals surface area contributed by atoms with Gasteiger partial charge in [-0.25, -0.2) is 9.78 Å². The Morgan fingerprint density at radius 3 is 2.67 bits per heavy atom. The van der Waals surface area contributed by atoms with Gasteiger partial charge in [0.25, 0.3) is 5.91 Å². The number of esters is 1. The number of methoxy groups -OCH3 is 1. The van der Waals surface area contributed by atoms with E-state index in [4.69, 9.17) is 14.5 Å². The van der Waals surface area contributed by atoms with E-state index < -0.39 is 5.60 Å². The van der Waals surface area contributed by atoms with Gasteiger partial charge in [-0.3, -0.25) is 4.79 Å². The van der Waals surface area contributed by atoms with E-state index in [-0.39, 0.29) is 11.9 Å². The third-order valence-corrected chi connectivity index (χ3v) is 7.31. The molecule has 0 unspecified atom stereocenters. The van der Waals surface area contributed by atoms with E-state index >= 15 is 0 Å². The number of nitrogens with zero attached hydrogens (tertiary/aromatic N) is 2. The highest BCUT2D eigenvalue weighted by molar-refractivity contribution is 5.98. The van der Waals surface area contributed by atoms with Gasteiger partial charge in [0, 0.05) is 43.8 Å². The van der Waals surface area contributed by atoms with Crippen molar-refractivity contribution in [3.8, 4) is 5.75 Å². The van der Waals surface area contributed by atoms with Crippen LogP contribution in [0.4, 0.5) is 0 Å². The lowest BCUT2D eigenvalue weighted by molar-refractivity contribution is -0.0527. The summed E-state index contributed by atoms with van der Waals surface area (Å²) >= 11 is 0. The quantitative estimate of drug-likeness (QED) is 0.559. The summed E-state index contributed by atoms with van der Waals surface area (Å²) in [4.78, 5) is 32.6. The third kappa shape index (κ3) is 3.45. The van der Waals surface area contributed by atoms with Gasteiger partial charge in [-0.15, -0.1) is 0 Å². The Balaban J connectivity index is 1.25. The van der Waals surface area contributed by atoms with Crippen molar-refractivity contribution in [1.82, 2.24) is 9.88 Å². The number of aromatic nitrogens is 1. The molecule has 33 heavy (non-hydrogen) atoms. The number of fused-ring (bicyclic) bond motifs is 2. The molecule has 1 saturated carbocycles. The molecule has 6 rings (SSSR count). The number of piperidine rings is 1. The second-order valence-corrected chi connectivity index (χ2v) is 9.43. The molecule has 6 nitrogen and oxygen atoms in total. The van der Waals surface area contributed by atoms with Crippen LogP contribution in [0.2, 0.25) is 0 Å². The monoisotopic (exact) mass is 442 g/mol. The van der Waals surface area contributed by atoms with Crippen molar-refractivity contribution in [3.63, 3.8) is 0 Å². The number of para-hydroxylation sites is 1. The van der Waals surface area contributed by atoms with Crippen LogP contribution >= 0.6 is 0 Å². The maximum Gasteiger partial charge on any atom is 0.338 e. The molecule has 2 aromatic carbocycles. The molecule has 2 fully saturated rings. The van der Waals surface area contributed by atoms with Crippen molar-refractivity contribution >= 4 is 22.8 Å². The maximum atomic E-state index is 13.4. The number of likely N-dealkylation sites (tertiary alicyclic amines) is 1. The largest absolute Gasteiger partial charge is 0.496 e. The molecule has 3 aromatic rings. The van der Waals surface area contributed by atoms with Gasteiger partial charge in [0.1, 0.15) is 17.0 Å². The predicted molar refractivity (Wildman–Crippen MR) is 124 cm³/mol. The van der Waals surface area contributed by atoms with Gasteiger partial charge in [0.2, 0.25) is 0 Å². The minimum absolute atomic E-state index is 0.0989. The summed E-state index contributed by atoms with van der Waals surface area (Å²) in [5.41, 5.74) is 3.63. The average Bonchev–Trinajstić information content (AvgIpc) is 3.68. The number of carbonyl (C=O) groups is 2. The fourth-order valence-corrected chi connectivity index (χ4v) is 5.31. The Morgan fingerprint density at radius 1 is 1.12 bits per heavy atom. The van der Waals surface area contributed by atoms with E-state index in [1.54, 1.807) is 13.2 Å². The summed E-state index contributed by atoms with van der Waals surface area (Å²) in [6, 6.07) is 15.5. The number of pyridine rings is 1. The number of amides is 1. The van der Waals surface area contributed by atoms with Crippen LogP contribution in [0.3, 0.4) is 0 Å². The summed E-state index contributed by atoms with van der Waals surface area (Å²) in [5.74, 6) is 0.843. The first-order chi connectivity index (χ1) is 16.1. The van der Waals surface area contributed by atoms with Crippen LogP contribution in [0.25, 0.3) is 10.9 Å².